The molecule has 5 nitrogen and oxygen atoms in total. The maximum absolute atomic E-state index is 13.2. The van der Waals surface area contributed by atoms with Crippen molar-refractivity contribution in [2.24, 2.45) is 0 Å². The van der Waals surface area contributed by atoms with Crippen LogP contribution in [0.1, 0.15) is 37.7 Å². The van der Waals surface area contributed by atoms with Crippen molar-refractivity contribution in [2.45, 2.75) is 26.9 Å². The number of rotatable bonds is 7. The molecular formula is C28H24N2O3S. The lowest BCUT2D eigenvalue weighted by Crippen LogP contribution is -2.13. The van der Waals surface area contributed by atoms with Gasteiger partial charge in [-0.3, -0.25) is 10.1 Å². The number of carbonyl (C=O) groups excluding carboxylic acids is 1. The number of nitrogens with zero attached hydrogens (tertiary/aromatic N) is 1. The number of aryl methyl sites for hydroxylation is 2. The molecule has 0 saturated heterocycles. The molecule has 0 aliphatic carbocycles. The van der Waals surface area contributed by atoms with E-state index in [0.717, 1.165) is 28.0 Å². The largest absolute Gasteiger partial charge is 0.489 e. The lowest BCUT2D eigenvalue weighted by atomic mass is 10.1. The molecule has 5 rings (SSSR count). The van der Waals surface area contributed by atoms with Crippen molar-refractivity contribution in [2.75, 3.05) is 5.32 Å². The number of carbonyl (C=O) groups is 1. The van der Waals surface area contributed by atoms with Gasteiger partial charge in [0, 0.05) is 28.4 Å². The van der Waals surface area contributed by atoms with Crippen LogP contribution in [-0.2, 0) is 13.0 Å². The first-order chi connectivity index (χ1) is 16.5. The Morgan fingerprint density at radius 1 is 0.971 bits per heavy atom. The average molecular weight is 469 g/mol. The van der Waals surface area contributed by atoms with Gasteiger partial charge in [0.2, 0.25) is 0 Å². The fourth-order valence-electron chi connectivity index (χ4n) is 3.72. The number of hydrogen-bond acceptors (Lipinski definition) is 5. The van der Waals surface area contributed by atoms with E-state index < -0.39 is 0 Å². The average Bonchev–Trinajstić information content (AvgIpc) is 3.44. The molecule has 0 bridgehead atoms. The lowest BCUT2D eigenvalue weighted by Gasteiger charge is -2.07. The molecule has 3 aromatic carbocycles. The van der Waals surface area contributed by atoms with Crippen LogP contribution in [0.5, 0.6) is 5.75 Å². The first kappa shape index (κ1) is 21.9. The minimum atomic E-state index is -0.338. The Labute approximate surface area is 202 Å². The zero-order valence-electron chi connectivity index (χ0n) is 19.0. The number of anilines is 1. The Hall–Kier alpha value is -3.90. The number of thiazole rings is 1. The zero-order valence-corrected chi connectivity index (χ0v) is 19.8. The molecule has 0 aliphatic rings. The van der Waals surface area contributed by atoms with Gasteiger partial charge >= 0.3 is 0 Å². The summed E-state index contributed by atoms with van der Waals surface area (Å²) in [7, 11) is 0. The monoisotopic (exact) mass is 468 g/mol. The number of ether oxygens (including phenoxy) is 1. The van der Waals surface area contributed by atoms with Crippen LogP contribution in [0.2, 0.25) is 0 Å². The van der Waals surface area contributed by atoms with Gasteiger partial charge in [-0.2, -0.15) is 0 Å². The molecule has 0 radical (unpaired) electrons. The summed E-state index contributed by atoms with van der Waals surface area (Å²) in [5.74, 6) is 0.640. The maximum atomic E-state index is 13.2. The quantitative estimate of drug-likeness (QED) is 0.281. The summed E-state index contributed by atoms with van der Waals surface area (Å²) in [4.78, 5) is 18.6. The molecule has 0 atom stereocenters. The van der Waals surface area contributed by atoms with Crippen molar-refractivity contribution >= 4 is 33.3 Å². The third-order valence-electron chi connectivity index (χ3n) is 5.58. The number of para-hydroxylation sites is 1. The highest BCUT2D eigenvalue weighted by atomic mass is 32.1. The van der Waals surface area contributed by atoms with Gasteiger partial charge in [-0.15, -0.1) is 11.3 Å². The molecule has 6 heteroatoms. The molecule has 170 valence electrons. The number of furan rings is 1. The first-order valence-electron chi connectivity index (χ1n) is 11.1. The Kier molecular flexibility index (Phi) is 6.14. The second kappa shape index (κ2) is 9.53. The molecule has 0 fully saturated rings. The van der Waals surface area contributed by atoms with E-state index in [1.807, 2.05) is 55.5 Å². The fourth-order valence-corrected chi connectivity index (χ4v) is 4.57. The Morgan fingerprint density at radius 2 is 1.68 bits per heavy atom. The van der Waals surface area contributed by atoms with Gasteiger partial charge in [-0.1, -0.05) is 65.7 Å². The van der Waals surface area contributed by atoms with Gasteiger partial charge in [-0.25, -0.2) is 4.98 Å². The molecule has 2 aromatic heterocycles. The predicted octanol–water partition coefficient (Wildman–Crippen LogP) is 6.93. The third kappa shape index (κ3) is 4.87. The second-order valence-electron chi connectivity index (χ2n) is 8.26. The van der Waals surface area contributed by atoms with Crippen LogP contribution in [0.25, 0.3) is 11.0 Å². The minimum Gasteiger partial charge on any atom is -0.489 e. The summed E-state index contributed by atoms with van der Waals surface area (Å²) < 4.78 is 11.9. The lowest BCUT2D eigenvalue weighted by molar-refractivity contribution is 0.0995. The van der Waals surface area contributed by atoms with Crippen molar-refractivity contribution in [3.63, 3.8) is 0 Å². The van der Waals surface area contributed by atoms with E-state index in [0.29, 0.717) is 16.3 Å². The van der Waals surface area contributed by atoms with E-state index in [2.05, 4.69) is 41.5 Å². The summed E-state index contributed by atoms with van der Waals surface area (Å²) in [5.41, 5.74) is 4.96. The van der Waals surface area contributed by atoms with Crippen LogP contribution in [0.4, 0.5) is 5.13 Å². The van der Waals surface area contributed by atoms with Crippen LogP contribution in [-0.4, -0.2) is 10.9 Å². The van der Waals surface area contributed by atoms with E-state index in [1.165, 1.54) is 22.5 Å². The summed E-state index contributed by atoms with van der Waals surface area (Å²) in [5, 5.41) is 4.30. The van der Waals surface area contributed by atoms with Crippen molar-refractivity contribution in [1.29, 1.82) is 0 Å². The number of amides is 1. The Morgan fingerprint density at radius 3 is 2.44 bits per heavy atom. The summed E-state index contributed by atoms with van der Waals surface area (Å²) in [6, 6.07) is 23.8. The van der Waals surface area contributed by atoms with E-state index in [9.17, 15) is 4.79 Å². The van der Waals surface area contributed by atoms with Gasteiger partial charge < -0.3 is 9.15 Å². The molecule has 0 spiro atoms. The number of benzene rings is 3. The summed E-state index contributed by atoms with van der Waals surface area (Å²) in [6.07, 6.45) is 2.58. The van der Waals surface area contributed by atoms with Crippen molar-refractivity contribution in [3.8, 4) is 5.75 Å². The second-order valence-corrected chi connectivity index (χ2v) is 9.37. The Bertz CT molecular complexity index is 1430. The van der Waals surface area contributed by atoms with Gasteiger partial charge in [0.15, 0.2) is 10.9 Å². The third-order valence-corrected chi connectivity index (χ3v) is 6.49. The van der Waals surface area contributed by atoms with Gasteiger partial charge in [0.25, 0.3) is 5.91 Å². The first-order valence-corrected chi connectivity index (χ1v) is 11.9. The van der Waals surface area contributed by atoms with Crippen LogP contribution < -0.4 is 10.1 Å². The number of aromatic nitrogens is 1. The van der Waals surface area contributed by atoms with Crippen LogP contribution in [0.3, 0.4) is 0 Å². The van der Waals surface area contributed by atoms with Crippen molar-refractivity contribution in [3.05, 3.63) is 112 Å². The topological polar surface area (TPSA) is 64.4 Å². The maximum Gasteiger partial charge on any atom is 0.293 e. The minimum absolute atomic E-state index is 0.222. The highest BCUT2D eigenvalue weighted by molar-refractivity contribution is 7.15. The van der Waals surface area contributed by atoms with E-state index in [-0.39, 0.29) is 18.3 Å². The van der Waals surface area contributed by atoms with Crippen molar-refractivity contribution < 1.29 is 13.9 Å². The molecule has 1 amide bonds. The molecule has 0 saturated carbocycles. The van der Waals surface area contributed by atoms with Gasteiger partial charge in [-0.05, 0) is 37.6 Å². The highest BCUT2D eigenvalue weighted by Crippen LogP contribution is 2.29. The zero-order chi connectivity index (χ0) is 23.5. The molecule has 5 aromatic rings. The standard InChI is InChI=1S/C28H24N2O3S/c1-18-7-11-20(12-8-18)15-22-16-29-28(34-22)30-27(31)26-24(23-5-3-4-6-25(23)33-26)17-32-21-13-9-19(2)10-14-21/h3-14,16H,15,17H2,1-2H3,(H,29,30,31). The normalized spacial score (nSPS) is 11.0. The fraction of sp³-hybridized carbons (Fsp3) is 0.143. The van der Waals surface area contributed by atoms with Crippen LogP contribution in [0.15, 0.2) is 83.4 Å². The SMILES string of the molecule is Cc1ccc(Cc2cnc(NC(=O)c3oc4ccccc4c3COc3ccc(C)cc3)s2)cc1. The van der Waals surface area contributed by atoms with Gasteiger partial charge in [0.05, 0.1) is 0 Å². The number of hydrogen-bond donors (Lipinski definition) is 1. The molecule has 0 unspecified atom stereocenters. The van der Waals surface area contributed by atoms with Crippen LogP contribution >= 0.6 is 11.3 Å². The molecule has 34 heavy (non-hydrogen) atoms. The van der Waals surface area contributed by atoms with Crippen LogP contribution in [0, 0.1) is 13.8 Å². The van der Waals surface area contributed by atoms with E-state index in [4.69, 9.17) is 9.15 Å². The summed E-state index contributed by atoms with van der Waals surface area (Å²) in [6.45, 7) is 4.32. The van der Waals surface area contributed by atoms with E-state index in [1.54, 1.807) is 6.20 Å². The highest BCUT2D eigenvalue weighted by Gasteiger charge is 2.22. The molecule has 1 N–H and O–H groups in total. The Balaban J connectivity index is 1.34. The number of nitrogens with one attached hydrogen (secondary N) is 1. The van der Waals surface area contributed by atoms with E-state index >= 15 is 0 Å². The molecule has 2 heterocycles. The summed E-state index contributed by atoms with van der Waals surface area (Å²) >= 11 is 1.46. The van der Waals surface area contributed by atoms with Crippen molar-refractivity contribution in [1.82, 2.24) is 4.98 Å². The molecule has 0 aliphatic heterocycles. The van der Waals surface area contributed by atoms with Gasteiger partial charge in [0.1, 0.15) is 17.9 Å². The smallest absolute Gasteiger partial charge is 0.293 e. The molecular weight excluding hydrogens is 444 g/mol. The predicted molar refractivity (Wildman–Crippen MR) is 136 cm³/mol. The number of fused-ring (bicyclic) bond motifs is 1.